The Morgan fingerprint density at radius 3 is 1.07 bits per heavy atom. The average molecular weight is 758 g/mol. The molecule has 318 valence electrons. The van der Waals surface area contributed by atoms with E-state index in [4.69, 9.17) is 0 Å². The average Bonchev–Trinajstić information content (AvgIpc) is 3.18. The third-order valence-electron chi connectivity index (χ3n) is 11.1. The number of allylic oxidation sites excluding steroid dienone is 5. The van der Waals surface area contributed by atoms with Gasteiger partial charge in [-0.15, -0.1) is 0 Å². The van der Waals surface area contributed by atoms with Crippen LogP contribution in [0, 0.1) is 0 Å². The van der Waals surface area contributed by atoms with Gasteiger partial charge >= 0.3 is 0 Å². The van der Waals surface area contributed by atoms with E-state index in [1.165, 1.54) is 199 Å². The van der Waals surface area contributed by atoms with Crippen LogP contribution in [0.4, 0.5) is 0 Å². The highest BCUT2D eigenvalue weighted by Crippen LogP contribution is 2.16. The Labute approximate surface area is 338 Å². The lowest BCUT2D eigenvalue weighted by molar-refractivity contribution is -0.123. The van der Waals surface area contributed by atoms with Gasteiger partial charge in [-0.2, -0.15) is 0 Å². The Kier molecular flexibility index (Phi) is 44.8. The van der Waals surface area contributed by atoms with Crippen LogP contribution in [-0.2, 0) is 4.79 Å². The molecule has 0 aromatic carbocycles. The van der Waals surface area contributed by atoms with Gasteiger partial charge in [0.2, 0.25) is 5.91 Å². The first-order valence-electron chi connectivity index (χ1n) is 24.2. The van der Waals surface area contributed by atoms with Crippen LogP contribution in [0.5, 0.6) is 0 Å². The summed E-state index contributed by atoms with van der Waals surface area (Å²) in [6.45, 7) is 4.28. The van der Waals surface area contributed by atoms with Crippen molar-refractivity contribution in [1.82, 2.24) is 5.32 Å². The minimum atomic E-state index is -0.866. The summed E-state index contributed by atoms with van der Waals surface area (Å²) in [5.74, 6) is -0.0809. The number of carbonyl (C=O) groups is 1. The summed E-state index contributed by atoms with van der Waals surface area (Å²) in [7, 11) is 0. The lowest BCUT2D eigenvalue weighted by Gasteiger charge is -2.19. The highest BCUT2D eigenvalue weighted by atomic mass is 16.3. The van der Waals surface area contributed by atoms with E-state index in [0.717, 1.165) is 38.5 Å². The fourth-order valence-electron chi connectivity index (χ4n) is 7.39. The minimum Gasteiger partial charge on any atom is -0.394 e. The Morgan fingerprint density at radius 2 is 0.722 bits per heavy atom. The lowest BCUT2D eigenvalue weighted by Crippen LogP contribution is -2.45. The second kappa shape index (κ2) is 46.0. The van der Waals surface area contributed by atoms with Gasteiger partial charge in [0.1, 0.15) is 0 Å². The third-order valence-corrected chi connectivity index (χ3v) is 11.1. The summed E-state index contributed by atoms with van der Waals surface area (Å²) in [5.41, 5.74) is 0. The zero-order valence-corrected chi connectivity index (χ0v) is 36.5. The molecule has 0 heterocycles. The molecule has 4 heteroatoms. The predicted molar refractivity (Wildman–Crippen MR) is 239 cm³/mol. The molecule has 0 aliphatic heterocycles. The van der Waals surface area contributed by atoms with Crippen LogP contribution < -0.4 is 5.32 Å². The summed E-state index contributed by atoms with van der Waals surface area (Å²) >= 11 is 0. The second-order valence-electron chi connectivity index (χ2n) is 16.5. The van der Waals surface area contributed by atoms with Gasteiger partial charge in [0.25, 0.3) is 0 Å². The van der Waals surface area contributed by atoms with Crippen molar-refractivity contribution in [1.29, 1.82) is 0 Å². The molecule has 54 heavy (non-hydrogen) atoms. The van der Waals surface area contributed by atoms with Gasteiger partial charge in [0.05, 0.1) is 18.8 Å². The summed E-state index contributed by atoms with van der Waals surface area (Å²) in [5, 5.41) is 22.9. The van der Waals surface area contributed by atoms with Crippen molar-refractivity contribution >= 4 is 5.91 Å². The Morgan fingerprint density at radius 1 is 0.426 bits per heavy atom. The summed E-state index contributed by atoms with van der Waals surface area (Å²) < 4.78 is 0. The number of carbonyl (C=O) groups excluding carboxylic acids is 1. The molecule has 0 aromatic heterocycles. The highest BCUT2D eigenvalue weighted by Gasteiger charge is 2.17. The van der Waals surface area contributed by atoms with Crippen molar-refractivity contribution < 1.29 is 15.0 Å². The van der Waals surface area contributed by atoms with E-state index in [1.807, 2.05) is 6.08 Å². The SMILES string of the molecule is CCCCCCCCCCCCCCCCCCCCCCCCC/C=C/CC/C=C/CC/C=C/C(O)C(CO)NC(=O)CCCCCCCCCCC. The molecule has 2 atom stereocenters. The number of rotatable bonds is 44. The fraction of sp³-hybridized carbons (Fsp3) is 0.860. The van der Waals surface area contributed by atoms with Crippen molar-refractivity contribution in [3.63, 3.8) is 0 Å². The molecule has 0 saturated heterocycles. The first-order valence-corrected chi connectivity index (χ1v) is 24.2. The molecule has 0 aliphatic rings. The van der Waals surface area contributed by atoms with E-state index in [-0.39, 0.29) is 12.5 Å². The van der Waals surface area contributed by atoms with Gasteiger partial charge in [-0.05, 0) is 44.9 Å². The predicted octanol–water partition coefficient (Wildman–Crippen LogP) is 15.4. The minimum absolute atomic E-state index is 0.0809. The first-order chi connectivity index (χ1) is 26.7. The van der Waals surface area contributed by atoms with Crippen LogP contribution in [0.2, 0.25) is 0 Å². The van der Waals surface area contributed by atoms with Crippen molar-refractivity contribution in [2.45, 2.75) is 270 Å². The summed E-state index contributed by atoms with van der Waals surface area (Å²) in [6, 6.07) is -0.641. The maximum atomic E-state index is 12.3. The normalized spacial score (nSPS) is 13.2. The van der Waals surface area contributed by atoms with E-state index in [0.29, 0.717) is 6.42 Å². The number of nitrogens with one attached hydrogen (secondary N) is 1. The molecular weight excluding hydrogens is 663 g/mol. The number of unbranched alkanes of at least 4 members (excludes halogenated alkanes) is 33. The van der Waals surface area contributed by atoms with Crippen LogP contribution in [0.1, 0.15) is 258 Å². The largest absolute Gasteiger partial charge is 0.394 e. The molecule has 0 bridgehead atoms. The Hall–Kier alpha value is -1.39. The molecule has 3 N–H and O–H groups in total. The topological polar surface area (TPSA) is 69.6 Å². The monoisotopic (exact) mass is 758 g/mol. The third kappa shape index (κ3) is 41.8. The van der Waals surface area contributed by atoms with Gasteiger partial charge < -0.3 is 15.5 Å². The number of aliphatic hydroxyl groups is 2. The highest BCUT2D eigenvalue weighted by molar-refractivity contribution is 5.76. The van der Waals surface area contributed by atoms with Gasteiger partial charge in [-0.1, -0.05) is 243 Å². The van der Waals surface area contributed by atoms with E-state index < -0.39 is 12.1 Å². The summed E-state index contributed by atoms with van der Waals surface area (Å²) in [6.07, 6.45) is 61.6. The molecule has 0 spiro atoms. The molecule has 0 radical (unpaired) electrons. The van der Waals surface area contributed by atoms with E-state index in [1.54, 1.807) is 6.08 Å². The fourth-order valence-corrected chi connectivity index (χ4v) is 7.39. The van der Waals surface area contributed by atoms with E-state index in [2.05, 4.69) is 43.5 Å². The Bertz CT molecular complexity index is 821. The second-order valence-corrected chi connectivity index (χ2v) is 16.5. The van der Waals surface area contributed by atoms with Crippen molar-refractivity contribution in [3.8, 4) is 0 Å². The maximum absolute atomic E-state index is 12.3. The lowest BCUT2D eigenvalue weighted by atomic mass is 10.0. The van der Waals surface area contributed by atoms with Crippen LogP contribution in [0.15, 0.2) is 36.5 Å². The van der Waals surface area contributed by atoms with Crippen molar-refractivity contribution in [3.05, 3.63) is 36.5 Å². The molecule has 1 amide bonds. The Balaban J connectivity index is 3.48. The zero-order chi connectivity index (χ0) is 39.3. The number of aliphatic hydroxyl groups excluding tert-OH is 2. The smallest absolute Gasteiger partial charge is 0.220 e. The first kappa shape index (κ1) is 52.6. The van der Waals surface area contributed by atoms with Gasteiger partial charge in [0, 0.05) is 6.42 Å². The van der Waals surface area contributed by atoms with Crippen molar-refractivity contribution in [2.24, 2.45) is 0 Å². The van der Waals surface area contributed by atoms with Gasteiger partial charge in [0.15, 0.2) is 0 Å². The maximum Gasteiger partial charge on any atom is 0.220 e. The van der Waals surface area contributed by atoms with E-state index in [9.17, 15) is 15.0 Å². The quantitative estimate of drug-likeness (QED) is 0.0428. The number of hydrogen-bond acceptors (Lipinski definition) is 3. The standard InChI is InChI=1S/C50H95NO3/c1-3-5-7-9-11-13-14-15-16-17-18-19-20-21-22-23-24-25-26-27-28-29-30-31-32-33-34-35-36-38-39-41-43-45-49(53)48(47-52)51-50(54)46-44-42-40-37-12-10-8-6-4-2/h32-33,36,38,43,45,48-49,52-53H,3-31,34-35,37,39-42,44,46-47H2,1-2H3,(H,51,54)/b33-32+,38-36+,45-43+. The molecule has 4 nitrogen and oxygen atoms in total. The molecule has 2 unspecified atom stereocenters. The number of amides is 1. The zero-order valence-electron chi connectivity index (χ0n) is 36.5. The molecular formula is C50H95NO3. The van der Waals surface area contributed by atoms with Crippen LogP contribution in [0.3, 0.4) is 0 Å². The number of hydrogen-bond donors (Lipinski definition) is 3. The van der Waals surface area contributed by atoms with Crippen LogP contribution in [0.25, 0.3) is 0 Å². The van der Waals surface area contributed by atoms with Gasteiger partial charge in [-0.3, -0.25) is 4.79 Å². The van der Waals surface area contributed by atoms with Crippen molar-refractivity contribution in [2.75, 3.05) is 6.61 Å². The van der Waals surface area contributed by atoms with Gasteiger partial charge in [-0.25, -0.2) is 0 Å². The van der Waals surface area contributed by atoms with Crippen LogP contribution >= 0.6 is 0 Å². The molecule has 0 rings (SSSR count). The van der Waals surface area contributed by atoms with Crippen LogP contribution in [-0.4, -0.2) is 34.9 Å². The molecule has 0 saturated carbocycles. The molecule has 0 aliphatic carbocycles. The molecule has 0 fully saturated rings. The summed E-state index contributed by atoms with van der Waals surface area (Å²) in [4.78, 5) is 12.3. The molecule has 0 aromatic rings. The van der Waals surface area contributed by atoms with E-state index >= 15 is 0 Å².